The van der Waals surface area contributed by atoms with Gasteiger partial charge in [-0.25, -0.2) is 18.7 Å². The van der Waals surface area contributed by atoms with Crippen molar-refractivity contribution >= 4 is 11.5 Å². The Labute approximate surface area is 171 Å². The summed E-state index contributed by atoms with van der Waals surface area (Å²) in [6.45, 7) is 4.85. The van der Waals surface area contributed by atoms with Gasteiger partial charge in [-0.1, -0.05) is 12.1 Å². The molecule has 0 fully saturated rings. The van der Waals surface area contributed by atoms with Gasteiger partial charge in [0.25, 0.3) is 6.43 Å². The Morgan fingerprint density at radius 3 is 2.53 bits per heavy atom. The summed E-state index contributed by atoms with van der Waals surface area (Å²) in [5.74, 6) is 0.246. The minimum atomic E-state index is -2.92. The minimum Gasteiger partial charge on any atom is -0.381 e. The van der Waals surface area contributed by atoms with Crippen molar-refractivity contribution in [3.05, 3.63) is 53.6 Å². The first kappa shape index (κ1) is 20.0. The molecule has 30 heavy (non-hydrogen) atoms. The quantitative estimate of drug-likeness (QED) is 0.535. The van der Waals surface area contributed by atoms with Crippen molar-refractivity contribution in [3.8, 4) is 22.5 Å². The number of nitrogens with zero attached hydrogens (tertiary/aromatic N) is 5. The fourth-order valence-electron chi connectivity index (χ4n) is 3.53. The number of nitrogen functional groups attached to an aromatic ring is 1. The number of aliphatic hydroxyl groups is 1. The van der Waals surface area contributed by atoms with Gasteiger partial charge in [0.05, 0.1) is 23.3 Å². The first-order chi connectivity index (χ1) is 14.1. The lowest BCUT2D eigenvalue weighted by Crippen LogP contribution is -2.30. The van der Waals surface area contributed by atoms with Gasteiger partial charge in [0.1, 0.15) is 5.60 Å². The molecule has 0 saturated carbocycles. The fraction of sp³-hybridized carbons (Fsp3) is 0.286. The van der Waals surface area contributed by atoms with E-state index in [1.165, 1.54) is 6.07 Å². The lowest BCUT2D eigenvalue weighted by molar-refractivity contribution is -0.0883. The van der Waals surface area contributed by atoms with Crippen LogP contribution < -0.4 is 5.73 Å². The molecule has 0 aliphatic heterocycles. The average Bonchev–Trinajstić information content (AvgIpc) is 3.24. The molecule has 3 aromatic heterocycles. The molecule has 0 aliphatic carbocycles. The maximum atomic E-state index is 13.4. The summed E-state index contributed by atoms with van der Waals surface area (Å²) in [6, 6.07) is 4.78. The number of hydrogen-bond acceptors (Lipinski definition) is 5. The van der Waals surface area contributed by atoms with E-state index in [2.05, 4.69) is 15.1 Å². The normalized spacial score (nSPS) is 13.9. The third-order valence-corrected chi connectivity index (χ3v) is 5.33. The molecule has 1 aromatic carbocycles. The summed E-state index contributed by atoms with van der Waals surface area (Å²) in [7, 11) is 1.82. The van der Waals surface area contributed by atoms with Crippen LogP contribution in [0.3, 0.4) is 0 Å². The zero-order chi connectivity index (χ0) is 21.8. The van der Waals surface area contributed by atoms with Crippen LogP contribution in [-0.4, -0.2) is 35.7 Å². The van der Waals surface area contributed by atoms with Crippen molar-refractivity contribution in [1.29, 1.82) is 0 Å². The van der Waals surface area contributed by atoms with E-state index in [9.17, 15) is 13.9 Å². The molecule has 156 valence electrons. The summed E-state index contributed by atoms with van der Waals surface area (Å²) in [4.78, 5) is 8.83. The van der Waals surface area contributed by atoms with Gasteiger partial charge in [-0.2, -0.15) is 5.10 Å². The van der Waals surface area contributed by atoms with Crippen molar-refractivity contribution in [2.24, 2.45) is 7.05 Å². The highest BCUT2D eigenvalue weighted by Gasteiger charge is 2.34. The Morgan fingerprint density at radius 1 is 1.17 bits per heavy atom. The number of benzene rings is 1. The van der Waals surface area contributed by atoms with Crippen LogP contribution in [0.15, 0.2) is 36.8 Å². The second-order valence-corrected chi connectivity index (χ2v) is 7.63. The van der Waals surface area contributed by atoms with Crippen LogP contribution in [0.1, 0.15) is 23.7 Å². The standard InChI is InChI=1S/C21H22F2N6O/c1-11-5-6-13(21(3,30)20(22)23)7-14(11)17-8-25-19-18(24)26-16(10-29(17)19)15-9-28(4)27-12(15)2/h5-10,20,30H,1-4H3,(H2,24,26). The van der Waals surface area contributed by atoms with E-state index in [0.717, 1.165) is 23.7 Å². The summed E-state index contributed by atoms with van der Waals surface area (Å²) in [6.07, 6.45) is 2.35. The Hall–Kier alpha value is -3.33. The van der Waals surface area contributed by atoms with Gasteiger partial charge in [0.2, 0.25) is 0 Å². The molecule has 9 heteroatoms. The van der Waals surface area contributed by atoms with E-state index in [1.807, 2.05) is 27.1 Å². The maximum Gasteiger partial charge on any atom is 0.270 e. The van der Waals surface area contributed by atoms with E-state index in [0.29, 0.717) is 22.6 Å². The van der Waals surface area contributed by atoms with E-state index < -0.39 is 12.0 Å². The fourth-order valence-corrected chi connectivity index (χ4v) is 3.53. The topological polar surface area (TPSA) is 94.3 Å². The average molecular weight is 412 g/mol. The molecule has 0 bridgehead atoms. The van der Waals surface area contributed by atoms with Crippen LogP contribution >= 0.6 is 0 Å². The molecule has 0 saturated heterocycles. The van der Waals surface area contributed by atoms with Gasteiger partial charge < -0.3 is 10.8 Å². The van der Waals surface area contributed by atoms with E-state index in [4.69, 9.17) is 5.73 Å². The molecule has 4 rings (SSSR count). The summed E-state index contributed by atoms with van der Waals surface area (Å²) < 4.78 is 30.2. The molecule has 0 aliphatic rings. The second-order valence-electron chi connectivity index (χ2n) is 7.63. The van der Waals surface area contributed by atoms with Crippen molar-refractivity contribution in [1.82, 2.24) is 24.1 Å². The molecule has 1 unspecified atom stereocenters. The minimum absolute atomic E-state index is 0.124. The van der Waals surface area contributed by atoms with Crippen molar-refractivity contribution < 1.29 is 13.9 Å². The lowest BCUT2D eigenvalue weighted by atomic mass is 9.92. The third kappa shape index (κ3) is 3.11. The monoisotopic (exact) mass is 412 g/mol. The first-order valence-electron chi connectivity index (χ1n) is 9.35. The Morgan fingerprint density at radius 2 is 1.90 bits per heavy atom. The highest BCUT2D eigenvalue weighted by atomic mass is 19.3. The SMILES string of the molecule is Cc1ccc(C(C)(O)C(F)F)cc1-c1cnc2c(N)nc(-c3cn(C)nc3C)cn12. The number of halogens is 2. The number of anilines is 1. The Bertz CT molecular complexity index is 1260. The van der Waals surface area contributed by atoms with Crippen molar-refractivity contribution in [2.45, 2.75) is 32.8 Å². The molecular formula is C21H22F2N6O. The molecular weight excluding hydrogens is 390 g/mol. The molecule has 4 aromatic rings. The highest BCUT2D eigenvalue weighted by molar-refractivity contribution is 5.75. The zero-order valence-electron chi connectivity index (χ0n) is 17.1. The van der Waals surface area contributed by atoms with Gasteiger partial charge in [0.15, 0.2) is 11.5 Å². The maximum absolute atomic E-state index is 13.4. The van der Waals surface area contributed by atoms with Gasteiger partial charge >= 0.3 is 0 Å². The van der Waals surface area contributed by atoms with Crippen LogP contribution in [0.5, 0.6) is 0 Å². The van der Waals surface area contributed by atoms with E-state index in [-0.39, 0.29) is 11.4 Å². The van der Waals surface area contributed by atoms with Gasteiger partial charge in [0, 0.05) is 30.6 Å². The van der Waals surface area contributed by atoms with E-state index in [1.54, 1.807) is 33.6 Å². The van der Waals surface area contributed by atoms with Crippen LogP contribution in [-0.2, 0) is 12.6 Å². The van der Waals surface area contributed by atoms with Crippen LogP contribution in [0.4, 0.5) is 14.6 Å². The third-order valence-electron chi connectivity index (χ3n) is 5.33. The van der Waals surface area contributed by atoms with Gasteiger partial charge in [-0.15, -0.1) is 0 Å². The molecule has 7 nitrogen and oxygen atoms in total. The number of rotatable bonds is 4. The van der Waals surface area contributed by atoms with Gasteiger partial charge in [-0.05, 0) is 38.0 Å². The molecule has 1 atom stereocenters. The Balaban J connectivity index is 1.93. The number of aromatic nitrogens is 5. The van der Waals surface area contributed by atoms with Crippen LogP contribution in [0.2, 0.25) is 0 Å². The molecule has 0 amide bonds. The number of imidazole rings is 1. The van der Waals surface area contributed by atoms with Crippen LogP contribution in [0.25, 0.3) is 28.2 Å². The highest BCUT2D eigenvalue weighted by Crippen LogP contribution is 2.34. The summed E-state index contributed by atoms with van der Waals surface area (Å²) >= 11 is 0. The van der Waals surface area contributed by atoms with Crippen LogP contribution in [0, 0.1) is 13.8 Å². The largest absolute Gasteiger partial charge is 0.381 e. The zero-order valence-corrected chi connectivity index (χ0v) is 17.1. The van der Waals surface area contributed by atoms with E-state index >= 15 is 0 Å². The number of fused-ring (bicyclic) bond motifs is 1. The number of aryl methyl sites for hydroxylation is 3. The summed E-state index contributed by atoms with van der Waals surface area (Å²) in [5, 5.41) is 14.6. The number of alkyl halides is 2. The lowest BCUT2D eigenvalue weighted by Gasteiger charge is -2.23. The Kier molecular flexibility index (Phi) is 4.58. The smallest absolute Gasteiger partial charge is 0.270 e. The van der Waals surface area contributed by atoms with Crippen molar-refractivity contribution in [3.63, 3.8) is 0 Å². The first-order valence-corrected chi connectivity index (χ1v) is 9.35. The molecule has 0 spiro atoms. The molecule has 3 N–H and O–H groups in total. The predicted molar refractivity (Wildman–Crippen MR) is 110 cm³/mol. The number of hydrogen-bond donors (Lipinski definition) is 2. The predicted octanol–water partition coefficient (Wildman–Crippen LogP) is 3.47. The molecule has 0 radical (unpaired) electrons. The van der Waals surface area contributed by atoms with Gasteiger partial charge in [-0.3, -0.25) is 9.08 Å². The number of nitrogens with two attached hydrogens (primary N) is 1. The molecule has 3 heterocycles. The summed E-state index contributed by atoms with van der Waals surface area (Å²) in [5.41, 5.74) is 8.91. The second kappa shape index (κ2) is 6.88. The van der Waals surface area contributed by atoms with Crippen molar-refractivity contribution in [2.75, 3.05) is 5.73 Å².